The van der Waals surface area contributed by atoms with E-state index in [-0.39, 0.29) is 22.9 Å². The Bertz CT molecular complexity index is 656. The summed E-state index contributed by atoms with van der Waals surface area (Å²) in [5, 5.41) is 10.7. The molecule has 0 N–H and O–H groups in total. The predicted molar refractivity (Wildman–Crippen MR) is 63.8 cm³/mol. The molecule has 0 bridgehead atoms. The molecule has 0 aromatic carbocycles. The lowest BCUT2D eigenvalue weighted by Crippen LogP contribution is -2.25. The molecule has 0 amide bonds. The van der Waals surface area contributed by atoms with E-state index in [2.05, 4.69) is 20.5 Å². The van der Waals surface area contributed by atoms with Crippen molar-refractivity contribution in [3.63, 3.8) is 0 Å². The maximum atomic E-state index is 11.9. The van der Waals surface area contributed by atoms with Crippen LogP contribution in [0.25, 0.3) is 5.78 Å². The highest BCUT2D eigenvalue weighted by atomic mass is 16.6. The van der Waals surface area contributed by atoms with Crippen molar-refractivity contribution in [3.05, 3.63) is 17.5 Å². The summed E-state index contributed by atoms with van der Waals surface area (Å²) in [5.74, 6) is -0.821. The van der Waals surface area contributed by atoms with Crippen LogP contribution in [0.5, 0.6) is 0 Å². The van der Waals surface area contributed by atoms with Gasteiger partial charge in [0.1, 0.15) is 11.3 Å². The number of ether oxygens (including phenoxy) is 1. The highest BCUT2D eigenvalue weighted by Gasteiger charge is 2.22. The Morgan fingerprint density at radius 3 is 2.58 bits per heavy atom. The van der Waals surface area contributed by atoms with Crippen LogP contribution in [0.1, 0.15) is 48.7 Å². The number of fused-ring (bicyclic) bond motifs is 1. The van der Waals surface area contributed by atoms with Gasteiger partial charge in [-0.2, -0.15) is 4.52 Å². The molecule has 8 nitrogen and oxygen atoms in total. The molecule has 0 aliphatic carbocycles. The molecule has 0 aliphatic heterocycles. The van der Waals surface area contributed by atoms with E-state index in [1.807, 2.05) is 0 Å². The predicted octanol–water partition coefficient (Wildman–Crippen LogP) is 0.677. The van der Waals surface area contributed by atoms with Gasteiger partial charge in [-0.05, 0) is 31.2 Å². The number of rotatable bonds is 2. The molecule has 0 saturated carbocycles. The van der Waals surface area contributed by atoms with Gasteiger partial charge in [0.15, 0.2) is 11.5 Å². The molecule has 2 aromatic rings. The van der Waals surface area contributed by atoms with E-state index in [4.69, 9.17) is 4.74 Å². The average Bonchev–Trinajstić information content (AvgIpc) is 2.72. The van der Waals surface area contributed by atoms with Gasteiger partial charge >= 0.3 is 5.97 Å². The third-order valence-corrected chi connectivity index (χ3v) is 2.14. The summed E-state index contributed by atoms with van der Waals surface area (Å²) >= 11 is 0. The highest BCUT2D eigenvalue weighted by molar-refractivity contribution is 5.96. The number of hydrogen-bond donors (Lipinski definition) is 0. The summed E-state index contributed by atoms with van der Waals surface area (Å²) in [6.45, 7) is 6.59. The Hall–Kier alpha value is -2.38. The largest absolute Gasteiger partial charge is 0.455 e. The minimum absolute atomic E-state index is 0.00225. The summed E-state index contributed by atoms with van der Waals surface area (Å²) in [6.07, 6.45) is 0. The van der Waals surface area contributed by atoms with Crippen molar-refractivity contribution in [3.8, 4) is 0 Å². The lowest BCUT2D eigenvalue weighted by atomic mass is 10.2. The van der Waals surface area contributed by atoms with Crippen LogP contribution in [0.15, 0.2) is 6.07 Å². The van der Waals surface area contributed by atoms with Crippen molar-refractivity contribution in [2.75, 3.05) is 0 Å². The standard InChI is InChI=1S/C11H13N5O3/c1-6(17)8-5-7(9(18)19-11(2,3)4)12-10-13-14-15-16(8)10/h5H,1-4H3. The van der Waals surface area contributed by atoms with Crippen molar-refractivity contribution >= 4 is 17.5 Å². The number of esters is 1. The third-order valence-electron chi connectivity index (χ3n) is 2.14. The normalized spacial score (nSPS) is 11.6. The fraction of sp³-hybridized carbons (Fsp3) is 0.455. The lowest BCUT2D eigenvalue weighted by molar-refractivity contribution is 0.00629. The number of tetrazole rings is 1. The summed E-state index contributed by atoms with van der Waals surface area (Å²) < 4.78 is 6.37. The van der Waals surface area contributed by atoms with Gasteiger partial charge in [0.2, 0.25) is 0 Å². The lowest BCUT2D eigenvalue weighted by Gasteiger charge is -2.19. The first-order valence-electron chi connectivity index (χ1n) is 5.61. The molecule has 19 heavy (non-hydrogen) atoms. The van der Waals surface area contributed by atoms with Gasteiger partial charge in [0, 0.05) is 13.0 Å². The number of nitrogens with zero attached hydrogens (tertiary/aromatic N) is 5. The van der Waals surface area contributed by atoms with Crippen LogP contribution in [-0.2, 0) is 4.74 Å². The van der Waals surface area contributed by atoms with Crippen LogP contribution >= 0.6 is 0 Å². The number of Topliss-reactive ketones (excluding diaryl/α,β-unsaturated/α-hetero) is 1. The van der Waals surface area contributed by atoms with E-state index in [0.717, 1.165) is 0 Å². The van der Waals surface area contributed by atoms with Crippen LogP contribution < -0.4 is 0 Å². The first-order valence-corrected chi connectivity index (χ1v) is 5.61. The summed E-state index contributed by atoms with van der Waals surface area (Å²) in [7, 11) is 0. The second-order valence-electron chi connectivity index (χ2n) is 4.98. The molecule has 8 heteroatoms. The van der Waals surface area contributed by atoms with Crippen LogP contribution in [0.2, 0.25) is 0 Å². The summed E-state index contributed by atoms with van der Waals surface area (Å²) in [5.41, 5.74) is -0.467. The van der Waals surface area contributed by atoms with Crippen molar-refractivity contribution < 1.29 is 14.3 Å². The molecule has 2 rings (SSSR count). The number of carbonyl (C=O) groups is 2. The van der Waals surface area contributed by atoms with Crippen molar-refractivity contribution in [2.24, 2.45) is 0 Å². The third kappa shape index (κ3) is 2.72. The molecule has 2 heterocycles. The van der Waals surface area contributed by atoms with Crippen molar-refractivity contribution in [1.82, 2.24) is 25.0 Å². The number of ketones is 1. The van der Waals surface area contributed by atoms with Gasteiger partial charge in [0.25, 0.3) is 5.78 Å². The maximum Gasteiger partial charge on any atom is 0.357 e. The van der Waals surface area contributed by atoms with E-state index in [9.17, 15) is 9.59 Å². The monoisotopic (exact) mass is 263 g/mol. The molecular weight excluding hydrogens is 250 g/mol. The summed E-state index contributed by atoms with van der Waals surface area (Å²) in [4.78, 5) is 27.4. The van der Waals surface area contributed by atoms with E-state index in [1.54, 1.807) is 20.8 Å². The van der Waals surface area contributed by atoms with Crippen molar-refractivity contribution in [1.29, 1.82) is 0 Å². The van der Waals surface area contributed by atoms with Gasteiger partial charge in [-0.3, -0.25) is 4.79 Å². The zero-order valence-corrected chi connectivity index (χ0v) is 11.0. The Kier molecular flexibility index (Phi) is 3.01. The molecule has 2 aromatic heterocycles. The molecule has 0 atom stereocenters. The van der Waals surface area contributed by atoms with Crippen LogP contribution in [0, 0.1) is 0 Å². The van der Waals surface area contributed by atoms with Crippen LogP contribution in [-0.4, -0.2) is 42.4 Å². The number of hydrogen-bond acceptors (Lipinski definition) is 7. The summed E-state index contributed by atoms with van der Waals surface area (Å²) in [6, 6.07) is 1.32. The van der Waals surface area contributed by atoms with E-state index in [0.29, 0.717) is 0 Å². The van der Waals surface area contributed by atoms with Gasteiger partial charge in [-0.15, -0.1) is 0 Å². The second kappa shape index (κ2) is 4.38. The molecule has 0 radical (unpaired) electrons. The Labute approximate surface area is 108 Å². The minimum Gasteiger partial charge on any atom is -0.455 e. The Morgan fingerprint density at radius 1 is 1.32 bits per heavy atom. The molecule has 0 spiro atoms. The smallest absolute Gasteiger partial charge is 0.357 e. The first kappa shape index (κ1) is 13.1. The molecule has 0 fully saturated rings. The van der Waals surface area contributed by atoms with Gasteiger partial charge in [0.05, 0.1) is 0 Å². The zero-order chi connectivity index (χ0) is 14.2. The molecule has 0 unspecified atom stereocenters. The maximum absolute atomic E-state index is 11.9. The van der Waals surface area contributed by atoms with Gasteiger partial charge < -0.3 is 4.74 Å². The SMILES string of the molecule is CC(=O)c1cc(C(=O)OC(C)(C)C)nc2nnnn12. The fourth-order valence-electron chi connectivity index (χ4n) is 1.42. The van der Waals surface area contributed by atoms with E-state index in [1.165, 1.54) is 17.5 Å². The average molecular weight is 263 g/mol. The topological polar surface area (TPSA) is 99.3 Å². The van der Waals surface area contributed by atoms with E-state index >= 15 is 0 Å². The molecule has 100 valence electrons. The number of carbonyl (C=O) groups excluding carboxylic acids is 2. The first-order chi connectivity index (χ1) is 8.78. The van der Waals surface area contributed by atoms with E-state index < -0.39 is 11.6 Å². The number of aromatic nitrogens is 5. The Balaban J connectivity index is 2.50. The Morgan fingerprint density at radius 2 is 2.00 bits per heavy atom. The molecule has 0 saturated heterocycles. The van der Waals surface area contributed by atoms with Gasteiger partial charge in [-0.1, -0.05) is 5.10 Å². The second-order valence-corrected chi connectivity index (χ2v) is 4.98. The molecule has 0 aliphatic rings. The highest BCUT2D eigenvalue weighted by Crippen LogP contribution is 2.12. The van der Waals surface area contributed by atoms with Crippen molar-refractivity contribution in [2.45, 2.75) is 33.3 Å². The molecular formula is C11H13N5O3. The minimum atomic E-state index is -0.646. The van der Waals surface area contributed by atoms with Crippen LogP contribution in [0.3, 0.4) is 0 Å². The quantitative estimate of drug-likeness (QED) is 0.580. The fourth-order valence-corrected chi connectivity index (χ4v) is 1.42. The van der Waals surface area contributed by atoms with Gasteiger partial charge in [-0.25, -0.2) is 9.78 Å². The van der Waals surface area contributed by atoms with Crippen LogP contribution in [0.4, 0.5) is 0 Å². The zero-order valence-electron chi connectivity index (χ0n) is 11.0.